The number of nitrogens with zero attached hydrogens (tertiary/aromatic N) is 2. The van der Waals surface area contributed by atoms with E-state index in [9.17, 15) is 0 Å². The van der Waals surface area contributed by atoms with E-state index in [1.54, 1.807) is 0 Å². The normalized spacial score (nSPS) is 13.8. The summed E-state index contributed by atoms with van der Waals surface area (Å²) in [4.78, 5) is 7.82. The van der Waals surface area contributed by atoms with Crippen LogP contribution in [0.25, 0.3) is 0 Å². The molecule has 0 aromatic carbocycles. The van der Waals surface area contributed by atoms with E-state index >= 15 is 0 Å². The van der Waals surface area contributed by atoms with E-state index in [2.05, 4.69) is 44.2 Å². The lowest BCUT2D eigenvalue weighted by atomic mass is 9.82. The Bertz CT molecular complexity index is 161. The zero-order valence-electron chi connectivity index (χ0n) is 9.21. The second-order valence-electron chi connectivity index (χ2n) is 4.59. The lowest BCUT2D eigenvalue weighted by Crippen LogP contribution is -2.19. The van der Waals surface area contributed by atoms with Gasteiger partial charge in [-0.05, 0) is 37.6 Å². The molecule has 0 amide bonds. The first-order valence-corrected chi connectivity index (χ1v) is 4.87. The number of aliphatic imine (C=N–C) groups is 2. The third kappa shape index (κ3) is 6.50. The van der Waals surface area contributed by atoms with Crippen LogP contribution < -0.4 is 0 Å². The summed E-state index contributed by atoms with van der Waals surface area (Å²) in [6, 6.07) is 0. The Hall–Kier alpha value is -0.660. The average molecular weight is 182 g/mol. The van der Waals surface area contributed by atoms with Gasteiger partial charge < -0.3 is 9.98 Å². The second kappa shape index (κ2) is 5.90. The number of hydrogen-bond acceptors (Lipinski definition) is 2. The van der Waals surface area contributed by atoms with Crippen LogP contribution in [0.1, 0.15) is 33.6 Å². The molecule has 0 fully saturated rings. The molecule has 2 heteroatoms. The lowest BCUT2D eigenvalue weighted by molar-refractivity contribution is 0.281. The van der Waals surface area contributed by atoms with Gasteiger partial charge in [-0.1, -0.05) is 20.8 Å². The summed E-state index contributed by atoms with van der Waals surface area (Å²) in [5.41, 5.74) is 0.280. The molecule has 2 nitrogen and oxygen atoms in total. The molecule has 0 saturated carbocycles. The van der Waals surface area contributed by atoms with Crippen molar-refractivity contribution < 1.29 is 0 Å². The fourth-order valence-corrected chi connectivity index (χ4v) is 1.72. The van der Waals surface area contributed by atoms with Gasteiger partial charge in [0.05, 0.1) is 0 Å². The predicted molar refractivity (Wildman–Crippen MR) is 61.0 cm³/mol. The van der Waals surface area contributed by atoms with Gasteiger partial charge in [0.2, 0.25) is 0 Å². The molecule has 0 aliphatic carbocycles. The summed E-state index contributed by atoms with van der Waals surface area (Å²) in [5, 5.41) is 0. The van der Waals surface area contributed by atoms with E-state index in [1.165, 1.54) is 6.42 Å². The van der Waals surface area contributed by atoms with Crippen molar-refractivity contribution in [2.75, 3.05) is 13.1 Å². The minimum absolute atomic E-state index is 0.280. The molecule has 1 atom stereocenters. The maximum absolute atomic E-state index is 3.95. The van der Waals surface area contributed by atoms with Crippen molar-refractivity contribution in [3.8, 4) is 0 Å². The highest BCUT2D eigenvalue weighted by atomic mass is 14.7. The van der Waals surface area contributed by atoms with Gasteiger partial charge in [-0.15, -0.1) is 0 Å². The van der Waals surface area contributed by atoms with Crippen LogP contribution in [-0.4, -0.2) is 26.5 Å². The molecule has 76 valence electrons. The maximum atomic E-state index is 3.95. The van der Waals surface area contributed by atoms with Crippen LogP contribution in [0.2, 0.25) is 0 Å². The molecular weight excluding hydrogens is 160 g/mol. The molecule has 0 aliphatic rings. The highest BCUT2D eigenvalue weighted by molar-refractivity contribution is 5.23. The van der Waals surface area contributed by atoms with Crippen LogP contribution in [-0.2, 0) is 0 Å². The smallest absolute Gasteiger partial charge is 0.0433 e. The van der Waals surface area contributed by atoms with Gasteiger partial charge in [0.25, 0.3) is 0 Å². The third-order valence-corrected chi connectivity index (χ3v) is 2.22. The van der Waals surface area contributed by atoms with Crippen molar-refractivity contribution >= 4 is 13.4 Å². The summed E-state index contributed by atoms with van der Waals surface area (Å²) >= 11 is 0. The largest absolute Gasteiger partial charge is 0.301 e. The van der Waals surface area contributed by atoms with E-state index in [-0.39, 0.29) is 5.41 Å². The molecule has 0 aliphatic heterocycles. The van der Waals surface area contributed by atoms with Crippen LogP contribution in [0.15, 0.2) is 9.98 Å². The summed E-state index contributed by atoms with van der Waals surface area (Å²) in [7, 11) is 0. The van der Waals surface area contributed by atoms with E-state index in [0.29, 0.717) is 5.92 Å². The molecular formula is C11H22N2. The number of rotatable bonds is 7. The molecule has 1 unspecified atom stereocenters. The molecule has 0 spiro atoms. The molecule has 13 heavy (non-hydrogen) atoms. The first kappa shape index (κ1) is 12.3. The van der Waals surface area contributed by atoms with Gasteiger partial charge in [-0.3, -0.25) is 0 Å². The summed E-state index contributed by atoms with van der Waals surface area (Å²) < 4.78 is 0. The van der Waals surface area contributed by atoms with Gasteiger partial charge in [0.1, 0.15) is 0 Å². The van der Waals surface area contributed by atoms with Gasteiger partial charge in [0, 0.05) is 13.1 Å². The monoisotopic (exact) mass is 182 g/mol. The second-order valence-corrected chi connectivity index (χ2v) is 4.59. The third-order valence-electron chi connectivity index (χ3n) is 2.22. The molecule has 0 saturated heterocycles. The maximum Gasteiger partial charge on any atom is 0.0433 e. The minimum atomic E-state index is 0.280. The van der Waals surface area contributed by atoms with Gasteiger partial charge in [-0.25, -0.2) is 0 Å². The van der Waals surface area contributed by atoms with Crippen LogP contribution in [0, 0.1) is 11.3 Å². The predicted octanol–water partition coefficient (Wildman–Crippen LogP) is 2.83. The van der Waals surface area contributed by atoms with Gasteiger partial charge in [-0.2, -0.15) is 0 Å². The molecule has 0 aromatic rings. The molecule has 0 heterocycles. The summed E-state index contributed by atoms with van der Waals surface area (Å²) in [6.07, 6.45) is 2.31. The number of hydrogen-bond donors (Lipinski definition) is 0. The standard InChI is InChI=1S/C11H22N2/c1-10(6-7-12-4)8-11(2,3)9-13-5/h10H,4-9H2,1-3H3. The molecule has 0 bridgehead atoms. The Morgan fingerprint density at radius 2 is 1.85 bits per heavy atom. The lowest BCUT2D eigenvalue weighted by Gasteiger charge is -2.25. The van der Waals surface area contributed by atoms with Crippen molar-refractivity contribution in [3.63, 3.8) is 0 Å². The minimum Gasteiger partial charge on any atom is -0.301 e. The van der Waals surface area contributed by atoms with Crippen LogP contribution in [0.5, 0.6) is 0 Å². The van der Waals surface area contributed by atoms with E-state index in [0.717, 1.165) is 19.5 Å². The molecule has 0 rings (SSSR count). The van der Waals surface area contributed by atoms with Crippen molar-refractivity contribution in [1.29, 1.82) is 0 Å². The van der Waals surface area contributed by atoms with Crippen molar-refractivity contribution in [1.82, 2.24) is 0 Å². The summed E-state index contributed by atoms with van der Waals surface area (Å²) in [6.45, 7) is 15.5. The Morgan fingerprint density at radius 3 is 2.31 bits per heavy atom. The topological polar surface area (TPSA) is 24.7 Å². The zero-order valence-corrected chi connectivity index (χ0v) is 9.21. The van der Waals surface area contributed by atoms with Crippen LogP contribution in [0.4, 0.5) is 0 Å². The molecule has 0 radical (unpaired) electrons. The van der Waals surface area contributed by atoms with E-state index in [1.807, 2.05) is 0 Å². The molecule has 0 aromatic heterocycles. The highest BCUT2D eigenvalue weighted by Crippen LogP contribution is 2.27. The van der Waals surface area contributed by atoms with E-state index in [4.69, 9.17) is 0 Å². The summed E-state index contributed by atoms with van der Waals surface area (Å²) in [5.74, 6) is 0.697. The molecule has 0 N–H and O–H groups in total. The Labute approximate surface area is 82.2 Å². The fraction of sp³-hybridized carbons (Fsp3) is 0.818. The van der Waals surface area contributed by atoms with Crippen molar-refractivity contribution in [2.45, 2.75) is 33.6 Å². The van der Waals surface area contributed by atoms with Crippen LogP contribution >= 0.6 is 0 Å². The highest BCUT2D eigenvalue weighted by Gasteiger charge is 2.19. The van der Waals surface area contributed by atoms with Gasteiger partial charge >= 0.3 is 0 Å². The van der Waals surface area contributed by atoms with Crippen molar-refractivity contribution in [2.24, 2.45) is 21.3 Å². The Balaban J connectivity index is 3.80. The van der Waals surface area contributed by atoms with Crippen LogP contribution in [0.3, 0.4) is 0 Å². The van der Waals surface area contributed by atoms with E-state index < -0.39 is 0 Å². The van der Waals surface area contributed by atoms with Crippen molar-refractivity contribution in [3.05, 3.63) is 0 Å². The average Bonchev–Trinajstić information content (AvgIpc) is 1.99. The Morgan fingerprint density at radius 1 is 1.23 bits per heavy atom. The quantitative estimate of drug-likeness (QED) is 0.541. The Kier molecular flexibility index (Phi) is 5.60. The SMILES string of the molecule is C=NCCC(C)CC(C)(C)CN=C. The zero-order chi connectivity index (χ0) is 10.3. The first-order valence-electron chi connectivity index (χ1n) is 4.87. The van der Waals surface area contributed by atoms with Gasteiger partial charge in [0.15, 0.2) is 0 Å². The fourth-order valence-electron chi connectivity index (χ4n) is 1.72. The first-order chi connectivity index (χ1) is 6.02.